The predicted octanol–water partition coefficient (Wildman–Crippen LogP) is 0.815. The number of anilines is 1. The van der Waals surface area contributed by atoms with Crippen molar-refractivity contribution < 1.29 is 19.1 Å². The summed E-state index contributed by atoms with van der Waals surface area (Å²) in [6, 6.07) is 3.09. The molecule has 1 aromatic heterocycles. The van der Waals surface area contributed by atoms with E-state index < -0.39 is 18.1 Å². The van der Waals surface area contributed by atoms with Crippen molar-refractivity contribution in [3.05, 3.63) is 40.8 Å². The van der Waals surface area contributed by atoms with Gasteiger partial charge in [0.15, 0.2) is 6.10 Å². The number of allylic oxidation sites excluding steroid dienone is 1. The number of pyridine rings is 1. The molecule has 0 aliphatic heterocycles. The molecule has 0 radical (unpaired) electrons. The summed E-state index contributed by atoms with van der Waals surface area (Å²) in [6.45, 7) is 0. The third-order valence-electron chi connectivity index (χ3n) is 3.58. The number of aromatic nitrogens is 1. The van der Waals surface area contributed by atoms with Crippen LogP contribution in [0.25, 0.3) is 0 Å². The van der Waals surface area contributed by atoms with Crippen molar-refractivity contribution in [3.63, 3.8) is 0 Å². The summed E-state index contributed by atoms with van der Waals surface area (Å²) in [6.07, 6.45) is 3.27. The molecular formula is C18H26N4O5. The van der Waals surface area contributed by atoms with Crippen LogP contribution >= 0.6 is 0 Å². The van der Waals surface area contributed by atoms with E-state index in [1.165, 1.54) is 40.6 Å². The van der Waals surface area contributed by atoms with Gasteiger partial charge in [0, 0.05) is 41.4 Å². The molecule has 0 saturated carbocycles. The number of aryl methyl sites for hydroxylation is 1. The zero-order valence-electron chi connectivity index (χ0n) is 16.3. The monoisotopic (exact) mass is 378 g/mol. The number of carbonyl (C=O) groups excluding carboxylic acids is 3. The molecule has 0 aliphatic rings. The summed E-state index contributed by atoms with van der Waals surface area (Å²) in [5, 5.41) is 2.50. The van der Waals surface area contributed by atoms with Crippen LogP contribution in [0.4, 0.5) is 10.5 Å². The summed E-state index contributed by atoms with van der Waals surface area (Å²) < 4.78 is 6.53. The van der Waals surface area contributed by atoms with E-state index in [4.69, 9.17) is 4.74 Å². The molecule has 0 spiro atoms. The number of rotatable bonds is 7. The van der Waals surface area contributed by atoms with Crippen LogP contribution in [-0.4, -0.2) is 66.6 Å². The van der Waals surface area contributed by atoms with E-state index in [0.717, 1.165) is 0 Å². The lowest BCUT2D eigenvalue weighted by atomic mass is 10.1. The molecule has 0 saturated heterocycles. The van der Waals surface area contributed by atoms with Crippen LogP contribution in [-0.2, 0) is 21.4 Å². The van der Waals surface area contributed by atoms with Gasteiger partial charge in [-0.25, -0.2) is 4.79 Å². The van der Waals surface area contributed by atoms with E-state index in [2.05, 4.69) is 5.32 Å². The quantitative estimate of drug-likeness (QED) is 0.708. The zero-order valence-corrected chi connectivity index (χ0v) is 16.3. The topological polar surface area (TPSA) is 101 Å². The van der Waals surface area contributed by atoms with Crippen molar-refractivity contribution in [1.29, 1.82) is 0 Å². The van der Waals surface area contributed by atoms with E-state index >= 15 is 0 Å². The number of nitrogens with zero attached hydrogens (tertiary/aromatic N) is 3. The Morgan fingerprint density at radius 1 is 1.22 bits per heavy atom. The van der Waals surface area contributed by atoms with E-state index in [1.807, 2.05) is 0 Å². The van der Waals surface area contributed by atoms with Gasteiger partial charge in [0.05, 0.1) is 0 Å². The second-order valence-electron chi connectivity index (χ2n) is 6.31. The third-order valence-corrected chi connectivity index (χ3v) is 3.58. The standard InChI is InChI=1S/C18H26N4O5/c1-20(2)15(23)11-7-6-10-14(27-18(26)21(3)4)16(24)19-13-9-8-12-22(5)17(13)25/h7-9,11-12,14H,6,10H2,1-5H3,(H,19,24)/b11-7+/t14-/m0/s1. The van der Waals surface area contributed by atoms with Crippen molar-refractivity contribution >= 4 is 23.6 Å². The van der Waals surface area contributed by atoms with Gasteiger partial charge in [0.2, 0.25) is 5.91 Å². The Labute approximate surface area is 158 Å². The van der Waals surface area contributed by atoms with E-state index in [0.29, 0.717) is 6.42 Å². The van der Waals surface area contributed by atoms with E-state index in [-0.39, 0.29) is 23.6 Å². The third kappa shape index (κ3) is 6.96. The molecule has 1 heterocycles. The van der Waals surface area contributed by atoms with Gasteiger partial charge < -0.3 is 24.4 Å². The summed E-state index contributed by atoms with van der Waals surface area (Å²) in [4.78, 5) is 50.5. The average Bonchev–Trinajstić information content (AvgIpc) is 2.60. The van der Waals surface area contributed by atoms with E-state index in [1.54, 1.807) is 39.5 Å². The van der Waals surface area contributed by atoms with Crippen LogP contribution in [0.15, 0.2) is 35.3 Å². The first kappa shape index (κ1) is 21.9. The fraction of sp³-hybridized carbons (Fsp3) is 0.444. The molecule has 27 heavy (non-hydrogen) atoms. The Morgan fingerprint density at radius 3 is 2.48 bits per heavy atom. The molecular weight excluding hydrogens is 352 g/mol. The Kier molecular flexibility index (Phi) is 8.25. The van der Waals surface area contributed by atoms with Gasteiger partial charge >= 0.3 is 6.09 Å². The molecule has 1 N–H and O–H groups in total. The fourth-order valence-electron chi connectivity index (χ4n) is 1.96. The number of carbonyl (C=O) groups is 3. The maximum absolute atomic E-state index is 12.5. The Bertz CT molecular complexity index is 767. The second kappa shape index (κ2) is 10.1. The minimum Gasteiger partial charge on any atom is -0.436 e. The number of nitrogens with one attached hydrogen (secondary N) is 1. The highest BCUT2D eigenvalue weighted by molar-refractivity contribution is 5.95. The van der Waals surface area contributed by atoms with Gasteiger partial charge in [0.25, 0.3) is 11.5 Å². The molecule has 1 atom stereocenters. The Balaban J connectivity index is 2.85. The van der Waals surface area contributed by atoms with Gasteiger partial charge in [-0.15, -0.1) is 0 Å². The van der Waals surface area contributed by atoms with Gasteiger partial charge in [-0.1, -0.05) is 6.08 Å². The lowest BCUT2D eigenvalue weighted by molar-refractivity contribution is -0.125. The van der Waals surface area contributed by atoms with Crippen LogP contribution in [0.2, 0.25) is 0 Å². The lowest BCUT2D eigenvalue weighted by Crippen LogP contribution is -2.37. The molecule has 0 unspecified atom stereocenters. The first-order chi connectivity index (χ1) is 12.6. The molecule has 1 aromatic rings. The Morgan fingerprint density at radius 2 is 1.89 bits per heavy atom. The summed E-state index contributed by atoms with van der Waals surface area (Å²) in [7, 11) is 7.82. The van der Waals surface area contributed by atoms with Crippen molar-refractivity contribution in [1.82, 2.24) is 14.4 Å². The Hall–Kier alpha value is -3.10. The normalized spacial score (nSPS) is 11.7. The maximum atomic E-state index is 12.5. The molecule has 0 aliphatic carbocycles. The van der Waals surface area contributed by atoms with Crippen molar-refractivity contribution in [2.75, 3.05) is 33.5 Å². The molecule has 0 aromatic carbocycles. The van der Waals surface area contributed by atoms with Gasteiger partial charge in [0.1, 0.15) is 5.69 Å². The molecule has 1 rings (SSSR count). The lowest BCUT2D eigenvalue weighted by Gasteiger charge is -2.19. The van der Waals surface area contributed by atoms with Crippen LogP contribution in [0.3, 0.4) is 0 Å². The number of hydrogen-bond acceptors (Lipinski definition) is 5. The van der Waals surface area contributed by atoms with Gasteiger partial charge in [-0.05, 0) is 31.1 Å². The molecule has 3 amide bonds. The molecule has 148 valence electrons. The molecule has 9 nitrogen and oxygen atoms in total. The highest BCUT2D eigenvalue weighted by Crippen LogP contribution is 2.09. The van der Waals surface area contributed by atoms with Gasteiger partial charge in [-0.2, -0.15) is 0 Å². The highest BCUT2D eigenvalue weighted by Gasteiger charge is 2.24. The largest absolute Gasteiger partial charge is 0.436 e. The molecule has 0 fully saturated rings. The number of amides is 3. The molecule has 9 heteroatoms. The summed E-state index contributed by atoms with van der Waals surface area (Å²) in [5.41, 5.74) is -0.283. The highest BCUT2D eigenvalue weighted by atomic mass is 16.6. The summed E-state index contributed by atoms with van der Waals surface area (Å²) in [5.74, 6) is -0.796. The second-order valence-corrected chi connectivity index (χ2v) is 6.31. The number of ether oxygens (including phenoxy) is 1. The molecule has 0 bridgehead atoms. The number of likely N-dealkylation sites (N-methyl/N-ethyl adjacent to an activating group) is 1. The zero-order chi connectivity index (χ0) is 20.6. The van der Waals surface area contributed by atoms with Crippen LogP contribution in [0.1, 0.15) is 12.8 Å². The van der Waals surface area contributed by atoms with Gasteiger partial charge in [-0.3, -0.25) is 14.4 Å². The minimum absolute atomic E-state index is 0.0919. The first-order valence-electron chi connectivity index (χ1n) is 8.35. The first-order valence-corrected chi connectivity index (χ1v) is 8.35. The summed E-state index contributed by atoms with van der Waals surface area (Å²) >= 11 is 0. The van der Waals surface area contributed by atoms with Crippen molar-refractivity contribution in [2.45, 2.75) is 18.9 Å². The van der Waals surface area contributed by atoms with E-state index in [9.17, 15) is 19.2 Å². The average molecular weight is 378 g/mol. The van der Waals surface area contributed by atoms with Crippen molar-refractivity contribution in [2.24, 2.45) is 7.05 Å². The van der Waals surface area contributed by atoms with Crippen LogP contribution in [0.5, 0.6) is 0 Å². The van der Waals surface area contributed by atoms with Crippen LogP contribution < -0.4 is 10.9 Å². The van der Waals surface area contributed by atoms with Crippen molar-refractivity contribution in [3.8, 4) is 0 Å². The fourth-order valence-corrected chi connectivity index (χ4v) is 1.96. The van der Waals surface area contributed by atoms with Crippen LogP contribution in [0, 0.1) is 0 Å². The number of hydrogen-bond donors (Lipinski definition) is 1. The minimum atomic E-state index is -1.11. The predicted molar refractivity (Wildman–Crippen MR) is 101 cm³/mol. The maximum Gasteiger partial charge on any atom is 0.410 e. The smallest absolute Gasteiger partial charge is 0.410 e. The SMILES string of the molecule is CN(C)C(=O)/C=C/CC[C@H](OC(=O)N(C)C)C(=O)Nc1cccn(C)c1=O.